The van der Waals surface area contributed by atoms with Gasteiger partial charge in [-0.2, -0.15) is 13.2 Å². The van der Waals surface area contributed by atoms with Gasteiger partial charge < -0.3 is 26.8 Å². The van der Waals surface area contributed by atoms with Gasteiger partial charge in [-0.3, -0.25) is 9.79 Å². The number of likely N-dealkylation sites (N-methyl/N-ethyl adjacent to an activating group) is 1. The molecule has 0 bridgehead atoms. The molecule has 0 spiro atoms. The first kappa shape index (κ1) is 30.7. The van der Waals surface area contributed by atoms with Gasteiger partial charge in [-0.05, 0) is 71.3 Å². The summed E-state index contributed by atoms with van der Waals surface area (Å²) in [7, 11) is 1.73. The fourth-order valence-electron chi connectivity index (χ4n) is 5.78. The van der Waals surface area contributed by atoms with Crippen molar-refractivity contribution in [3.8, 4) is 0 Å². The van der Waals surface area contributed by atoms with Crippen LogP contribution in [0.5, 0.6) is 0 Å². The average molecular weight is 550 g/mol. The quantitative estimate of drug-likeness (QED) is 0.158. The molecule has 0 aromatic rings. The number of amides is 1. The molecule has 3 unspecified atom stereocenters. The standard InChI is InChI=1S/C29H42F3N5O2/c1-16(2)35-27(36-18(4)23-13-22(14-26(23)34)29(30,31)32)24-12-21(10-11-25(24)33)19-6-8-20(9-7-19)28(39)37(5)15-17(3)38/h10,14,17-20,24-25,38H,1,6-9,11-12,15,33-34H2,2-5H3,(H,35,36)/t17-,18?,19?,20?,24?,25?/m0/s1. The van der Waals surface area contributed by atoms with Crippen molar-refractivity contribution in [3.05, 3.63) is 52.6 Å². The number of nitrogens with one attached hydrogen (secondary N) is 1. The van der Waals surface area contributed by atoms with Crippen molar-refractivity contribution in [2.24, 2.45) is 34.2 Å². The number of rotatable bonds is 8. The van der Waals surface area contributed by atoms with Gasteiger partial charge in [0.25, 0.3) is 0 Å². The highest BCUT2D eigenvalue weighted by molar-refractivity contribution is 5.87. The second-order valence-corrected chi connectivity index (χ2v) is 11.3. The number of amidine groups is 1. The molecule has 0 heterocycles. The van der Waals surface area contributed by atoms with E-state index in [1.54, 1.807) is 32.7 Å². The monoisotopic (exact) mass is 549 g/mol. The topological polar surface area (TPSA) is 117 Å². The van der Waals surface area contributed by atoms with Crippen LogP contribution in [0.15, 0.2) is 57.6 Å². The number of alkyl halides is 3. The molecule has 0 saturated heterocycles. The summed E-state index contributed by atoms with van der Waals surface area (Å²) >= 11 is 0. The second-order valence-electron chi connectivity index (χ2n) is 11.3. The molecule has 39 heavy (non-hydrogen) atoms. The molecule has 1 fully saturated rings. The highest BCUT2D eigenvalue weighted by Gasteiger charge is 2.37. The van der Waals surface area contributed by atoms with Crippen molar-refractivity contribution in [2.75, 3.05) is 13.6 Å². The molecule has 0 aromatic carbocycles. The SMILES string of the molecule is C=C(C)NC(=NC(C)C1=C=C(C(F)(F)F)C=C1N)C1CC(C2CCC(C(=O)N(C)C[C@H](C)O)CC2)=CCC1N. The molecule has 6 N–H and O–H groups in total. The highest BCUT2D eigenvalue weighted by Crippen LogP contribution is 2.39. The van der Waals surface area contributed by atoms with Crippen LogP contribution in [0.1, 0.15) is 59.3 Å². The summed E-state index contributed by atoms with van der Waals surface area (Å²) in [6, 6.07) is -0.880. The fourth-order valence-corrected chi connectivity index (χ4v) is 5.78. The maximum absolute atomic E-state index is 13.2. The number of carbonyl (C=O) groups excluding carboxylic acids is 1. The van der Waals surface area contributed by atoms with Gasteiger partial charge in [-0.1, -0.05) is 24.0 Å². The summed E-state index contributed by atoms with van der Waals surface area (Å²) in [4.78, 5) is 19.2. The third-order valence-corrected chi connectivity index (χ3v) is 7.77. The Bertz CT molecular complexity index is 1110. The number of halogens is 3. The number of aliphatic imine (C=N–C) groups is 1. The average Bonchev–Trinajstić information content (AvgIpc) is 3.25. The Kier molecular flexibility index (Phi) is 9.91. The van der Waals surface area contributed by atoms with E-state index in [9.17, 15) is 23.1 Å². The van der Waals surface area contributed by atoms with Crippen LogP contribution in [0.4, 0.5) is 13.2 Å². The maximum Gasteiger partial charge on any atom is 0.423 e. The van der Waals surface area contributed by atoms with Crippen LogP contribution in [0.3, 0.4) is 0 Å². The predicted molar refractivity (Wildman–Crippen MR) is 147 cm³/mol. The van der Waals surface area contributed by atoms with Crippen molar-refractivity contribution in [1.29, 1.82) is 0 Å². The molecule has 1 amide bonds. The zero-order valence-corrected chi connectivity index (χ0v) is 23.3. The van der Waals surface area contributed by atoms with Crippen LogP contribution in [0.25, 0.3) is 0 Å². The molecule has 3 rings (SSSR count). The Morgan fingerprint density at radius 2 is 1.95 bits per heavy atom. The maximum atomic E-state index is 13.2. The fraction of sp³-hybridized carbons (Fsp3) is 0.621. The lowest BCUT2D eigenvalue weighted by Crippen LogP contribution is -2.44. The highest BCUT2D eigenvalue weighted by atomic mass is 19.4. The van der Waals surface area contributed by atoms with Gasteiger partial charge in [0.1, 0.15) is 11.4 Å². The Balaban J connectivity index is 1.75. The lowest BCUT2D eigenvalue weighted by atomic mass is 9.72. The van der Waals surface area contributed by atoms with Crippen LogP contribution < -0.4 is 16.8 Å². The number of nitrogens with zero attached hydrogens (tertiary/aromatic N) is 2. The zero-order valence-electron chi connectivity index (χ0n) is 23.3. The van der Waals surface area contributed by atoms with Gasteiger partial charge >= 0.3 is 6.18 Å². The van der Waals surface area contributed by atoms with Crippen LogP contribution in [-0.2, 0) is 4.79 Å². The van der Waals surface area contributed by atoms with Gasteiger partial charge in [0, 0.05) is 48.4 Å². The molecule has 1 saturated carbocycles. The van der Waals surface area contributed by atoms with Crippen LogP contribution in [0.2, 0.25) is 0 Å². The molecule has 216 valence electrons. The third kappa shape index (κ3) is 7.87. The van der Waals surface area contributed by atoms with E-state index in [0.717, 1.165) is 31.8 Å². The Morgan fingerprint density at radius 3 is 2.49 bits per heavy atom. The summed E-state index contributed by atoms with van der Waals surface area (Å²) < 4.78 is 39.6. The first-order chi connectivity index (χ1) is 18.2. The minimum absolute atomic E-state index is 0.00664. The summed E-state index contributed by atoms with van der Waals surface area (Å²) in [5, 5.41) is 12.8. The number of nitrogens with two attached hydrogens (primary N) is 2. The Morgan fingerprint density at radius 1 is 1.31 bits per heavy atom. The van der Waals surface area contributed by atoms with Crippen LogP contribution in [-0.4, -0.2) is 59.7 Å². The Labute approximate surface area is 229 Å². The van der Waals surface area contributed by atoms with E-state index in [1.165, 1.54) is 5.57 Å². The van der Waals surface area contributed by atoms with Gasteiger partial charge in [-0.25, -0.2) is 0 Å². The number of hydrogen-bond donors (Lipinski definition) is 4. The second kappa shape index (κ2) is 12.6. The molecule has 0 radical (unpaired) electrons. The van der Waals surface area contributed by atoms with E-state index >= 15 is 0 Å². The molecule has 4 atom stereocenters. The predicted octanol–water partition coefficient (Wildman–Crippen LogP) is 4.08. The number of aliphatic hydroxyl groups excluding tert-OH is 1. The van der Waals surface area contributed by atoms with Gasteiger partial charge in [-0.15, -0.1) is 0 Å². The summed E-state index contributed by atoms with van der Waals surface area (Å²) in [5.74, 6) is 0.794. The van der Waals surface area contributed by atoms with Gasteiger partial charge in [0.05, 0.1) is 12.1 Å². The molecular formula is C29H42F3N5O2. The first-order valence-electron chi connectivity index (χ1n) is 13.6. The summed E-state index contributed by atoms with van der Waals surface area (Å²) in [6.45, 7) is 9.42. The van der Waals surface area contributed by atoms with Crippen molar-refractivity contribution >= 4 is 11.7 Å². The molecule has 3 aliphatic carbocycles. The molecule has 10 heteroatoms. The molecule has 7 nitrogen and oxygen atoms in total. The number of carbonyl (C=O) groups is 1. The van der Waals surface area contributed by atoms with Gasteiger partial charge in [0.2, 0.25) is 5.91 Å². The van der Waals surface area contributed by atoms with Crippen molar-refractivity contribution in [1.82, 2.24) is 10.2 Å². The number of hydrogen-bond acceptors (Lipinski definition) is 5. The summed E-state index contributed by atoms with van der Waals surface area (Å²) in [6.07, 6.45) is 2.69. The lowest BCUT2D eigenvalue weighted by molar-refractivity contribution is -0.136. The largest absolute Gasteiger partial charge is 0.423 e. The molecule has 3 aliphatic rings. The Hall–Kier alpha value is -2.81. The minimum atomic E-state index is -4.53. The van der Waals surface area contributed by atoms with Crippen LogP contribution in [0, 0.1) is 17.8 Å². The third-order valence-electron chi connectivity index (χ3n) is 7.77. The van der Waals surface area contributed by atoms with Crippen LogP contribution >= 0.6 is 0 Å². The normalized spacial score (nSPS) is 27.6. The van der Waals surface area contributed by atoms with Crippen molar-refractivity contribution < 1.29 is 23.1 Å². The van der Waals surface area contributed by atoms with Crippen molar-refractivity contribution in [2.45, 2.75) is 83.7 Å². The van der Waals surface area contributed by atoms with Crippen molar-refractivity contribution in [3.63, 3.8) is 0 Å². The van der Waals surface area contributed by atoms with E-state index in [2.05, 4.69) is 23.7 Å². The number of allylic oxidation sites excluding steroid dienone is 3. The zero-order chi connectivity index (χ0) is 29.1. The molecule has 0 aliphatic heterocycles. The van der Waals surface area contributed by atoms with E-state index < -0.39 is 23.9 Å². The summed E-state index contributed by atoms with van der Waals surface area (Å²) in [5.41, 5.74) is 16.1. The lowest BCUT2D eigenvalue weighted by Gasteiger charge is -2.37. The number of aliphatic hydroxyl groups is 1. The van der Waals surface area contributed by atoms with E-state index in [1.807, 2.05) is 0 Å². The van der Waals surface area contributed by atoms with E-state index in [0.29, 0.717) is 36.8 Å². The molecular weight excluding hydrogens is 507 g/mol. The first-order valence-corrected chi connectivity index (χ1v) is 13.6. The smallest absolute Gasteiger partial charge is 0.398 e. The van der Waals surface area contributed by atoms with Gasteiger partial charge in [0.15, 0.2) is 0 Å². The molecule has 0 aromatic heterocycles. The minimum Gasteiger partial charge on any atom is -0.398 e. The van der Waals surface area contributed by atoms with E-state index in [4.69, 9.17) is 16.5 Å². The van der Waals surface area contributed by atoms with E-state index in [-0.39, 0.29) is 35.1 Å².